The van der Waals surface area contributed by atoms with Gasteiger partial charge in [-0.1, -0.05) is 48.4 Å². The Bertz CT molecular complexity index is 1500. The van der Waals surface area contributed by atoms with Crippen LogP contribution in [0.4, 0.5) is 5.69 Å². The summed E-state index contributed by atoms with van der Waals surface area (Å²) < 4.78 is 39.9. The number of benzene rings is 3. The van der Waals surface area contributed by atoms with Crippen LogP contribution in [-0.2, 0) is 26.2 Å². The third kappa shape index (κ3) is 7.95. The van der Waals surface area contributed by atoms with E-state index in [1.165, 1.54) is 43.4 Å². The summed E-state index contributed by atoms with van der Waals surface area (Å²) in [5.74, 6) is -0.148. The van der Waals surface area contributed by atoms with Crippen molar-refractivity contribution in [2.45, 2.75) is 57.6 Å². The van der Waals surface area contributed by atoms with Gasteiger partial charge in [-0.3, -0.25) is 13.9 Å². The van der Waals surface area contributed by atoms with Crippen molar-refractivity contribution in [2.24, 2.45) is 0 Å². The summed E-state index contributed by atoms with van der Waals surface area (Å²) in [5, 5.41) is 3.18. The van der Waals surface area contributed by atoms with Crippen molar-refractivity contribution in [3.05, 3.63) is 82.9 Å². The number of ether oxygens (including phenoxy) is 2. The van der Waals surface area contributed by atoms with E-state index in [-0.39, 0.29) is 39.8 Å². The van der Waals surface area contributed by atoms with E-state index in [2.05, 4.69) is 5.32 Å². The Labute approximate surface area is 253 Å². The van der Waals surface area contributed by atoms with Gasteiger partial charge in [0.1, 0.15) is 24.1 Å². The fourth-order valence-corrected chi connectivity index (χ4v) is 5.81. The average Bonchev–Trinajstić information content (AvgIpc) is 2.98. The first-order chi connectivity index (χ1) is 19.9. The second-order valence-corrected chi connectivity index (χ2v) is 12.3. The topological polar surface area (TPSA) is 105 Å². The van der Waals surface area contributed by atoms with Crippen molar-refractivity contribution in [1.82, 2.24) is 10.2 Å². The molecule has 0 aromatic heterocycles. The van der Waals surface area contributed by atoms with Gasteiger partial charge in [0.25, 0.3) is 10.0 Å². The van der Waals surface area contributed by atoms with Crippen LogP contribution in [0.5, 0.6) is 11.5 Å². The van der Waals surface area contributed by atoms with E-state index in [0.29, 0.717) is 17.7 Å². The lowest BCUT2D eigenvalue weighted by Crippen LogP contribution is -2.52. The number of nitrogens with one attached hydrogen (secondary N) is 1. The highest BCUT2D eigenvalue weighted by Gasteiger charge is 2.34. The summed E-state index contributed by atoms with van der Waals surface area (Å²) in [7, 11) is -1.33. The van der Waals surface area contributed by atoms with E-state index in [1.54, 1.807) is 43.3 Å². The maximum absolute atomic E-state index is 14.1. The minimum Gasteiger partial charge on any atom is -0.497 e. The molecule has 2 atom stereocenters. The van der Waals surface area contributed by atoms with Crippen molar-refractivity contribution in [1.29, 1.82) is 0 Å². The summed E-state index contributed by atoms with van der Waals surface area (Å²) >= 11 is 6.29. The minimum atomic E-state index is -4.27. The highest BCUT2D eigenvalue weighted by atomic mass is 35.5. The first kappa shape index (κ1) is 32.8. The van der Waals surface area contributed by atoms with Crippen LogP contribution in [0.2, 0.25) is 5.02 Å². The van der Waals surface area contributed by atoms with Gasteiger partial charge in [-0.2, -0.15) is 0 Å². The molecule has 0 saturated carbocycles. The number of anilines is 1. The van der Waals surface area contributed by atoms with Crippen LogP contribution < -0.4 is 19.1 Å². The summed E-state index contributed by atoms with van der Waals surface area (Å²) in [6.45, 7) is 6.71. The lowest BCUT2D eigenvalue weighted by molar-refractivity contribution is -0.139. The van der Waals surface area contributed by atoms with Crippen molar-refractivity contribution >= 4 is 39.1 Å². The Hall–Kier alpha value is -3.76. The number of aryl methyl sites for hydroxylation is 1. The molecule has 1 N–H and O–H groups in total. The zero-order valence-corrected chi connectivity index (χ0v) is 26.3. The molecule has 3 aromatic carbocycles. The molecular weight excluding hydrogens is 578 g/mol. The van der Waals surface area contributed by atoms with Crippen LogP contribution in [0.25, 0.3) is 0 Å². The first-order valence-corrected chi connectivity index (χ1v) is 15.4. The molecule has 9 nitrogen and oxygen atoms in total. The van der Waals surface area contributed by atoms with Crippen LogP contribution in [0.1, 0.15) is 38.3 Å². The largest absolute Gasteiger partial charge is 0.497 e. The van der Waals surface area contributed by atoms with E-state index in [9.17, 15) is 18.0 Å². The molecule has 0 heterocycles. The molecule has 0 aliphatic heterocycles. The molecule has 3 aromatic rings. The van der Waals surface area contributed by atoms with Gasteiger partial charge in [-0.25, -0.2) is 8.42 Å². The maximum atomic E-state index is 14.1. The number of hydrogen-bond donors (Lipinski definition) is 1. The Morgan fingerprint density at radius 2 is 1.67 bits per heavy atom. The van der Waals surface area contributed by atoms with Crippen LogP contribution >= 0.6 is 11.6 Å². The Balaban J connectivity index is 2.10. The van der Waals surface area contributed by atoms with E-state index in [1.807, 2.05) is 26.8 Å². The van der Waals surface area contributed by atoms with Crippen molar-refractivity contribution in [3.63, 3.8) is 0 Å². The van der Waals surface area contributed by atoms with E-state index in [4.69, 9.17) is 21.1 Å². The molecule has 226 valence electrons. The van der Waals surface area contributed by atoms with E-state index in [0.717, 1.165) is 9.87 Å². The predicted molar refractivity (Wildman–Crippen MR) is 165 cm³/mol. The standard InChI is InChI=1S/C31H38ClN3O6S/c1-7-22(3)33-31(37)23(4)34(19-24-9-8-10-26(17-24)40-5)30(36)20-35(28-18-25(32)13-16-29(28)41-6)42(38,39)27-14-11-21(2)12-15-27/h8-18,22-23H,7,19-20H2,1-6H3,(H,33,37)/t22-,23-/m1/s1. The van der Waals surface area contributed by atoms with Gasteiger partial charge in [0.05, 0.1) is 24.8 Å². The molecule has 0 aliphatic carbocycles. The van der Waals surface area contributed by atoms with Crippen LogP contribution in [0.15, 0.2) is 71.6 Å². The van der Waals surface area contributed by atoms with Gasteiger partial charge in [-0.15, -0.1) is 0 Å². The number of nitrogens with zero attached hydrogens (tertiary/aromatic N) is 2. The average molecular weight is 616 g/mol. The van der Waals surface area contributed by atoms with Gasteiger partial charge in [0.15, 0.2) is 0 Å². The molecule has 0 unspecified atom stereocenters. The molecule has 3 rings (SSSR count). The lowest BCUT2D eigenvalue weighted by atomic mass is 10.1. The number of methoxy groups -OCH3 is 2. The first-order valence-electron chi connectivity index (χ1n) is 13.6. The predicted octanol–water partition coefficient (Wildman–Crippen LogP) is 5.19. The maximum Gasteiger partial charge on any atom is 0.264 e. The summed E-state index contributed by atoms with van der Waals surface area (Å²) in [4.78, 5) is 28.7. The smallest absolute Gasteiger partial charge is 0.264 e. The summed E-state index contributed by atoms with van der Waals surface area (Å²) in [5.41, 5.74) is 1.68. The zero-order chi connectivity index (χ0) is 31.0. The molecule has 0 radical (unpaired) electrons. The fraction of sp³-hybridized carbons (Fsp3) is 0.355. The number of carbonyl (C=O) groups is 2. The van der Waals surface area contributed by atoms with Gasteiger partial charge >= 0.3 is 0 Å². The number of amides is 2. The highest BCUT2D eigenvalue weighted by molar-refractivity contribution is 7.92. The van der Waals surface area contributed by atoms with Gasteiger partial charge in [0.2, 0.25) is 11.8 Å². The van der Waals surface area contributed by atoms with Crippen LogP contribution in [0, 0.1) is 6.92 Å². The van der Waals surface area contributed by atoms with Gasteiger partial charge in [-0.05, 0) is 75.2 Å². The minimum absolute atomic E-state index is 0.00941. The third-order valence-corrected chi connectivity index (χ3v) is 8.96. The normalized spacial score (nSPS) is 12.6. The fourth-order valence-electron chi connectivity index (χ4n) is 4.22. The molecular formula is C31H38ClN3O6S. The molecule has 0 spiro atoms. The molecule has 0 fully saturated rings. The number of sulfonamides is 1. The molecule has 0 bridgehead atoms. The highest BCUT2D eigenvalue weighted by Crippen LogP contribution is 2.35. The number of hydrogen-bond acceptors (Lipinski definition) is 6. The molecule has 11 heteroatoms. The monoisotopic (exact) mass is 615 g/mol. The second-order valence-electron chi connectivity index (χ2n) is 10.0. The van der Waals surface area contributed by atoms with Crippen LogP contribution in [-0.4, -0.2) is 58.0 Å². The van der Waals surface area contributed by atoms with Gasteiger partial charge in [0, 0.05) is 17.6 Å². The van der Waals surface area contributed by atoms with E-state index < -0.39 is 28.5 Å². The lowest BCUT2D eigenvalue weighted by Gasteiger charge is -2.33. The molecule has 0 saturated heterocycles. The molecule has 42 heavy (non-hydrogen) atoms. The Kier molecular flexibility index (Phi) is 11.2. The van der Waals surface area contributed by atoms with Crippen molar-refractivity contribution in [2.75, 3.05) is 25.1 Å². The quantitative estimate of drug-likeness (QED) is 0.284. The molecule has 2 amide bonds. The zero-order valence-electron chi connectivity index (χ0n) is 24.8. The second kappa shape index (κ2) is 14.4. The number of rotatable bonds is 13. The third-order valence-electron chi connectivity index (χ3n) is 6.95. The molecule has 0 aliphatic rings. The summed E-state index contributed by atoms with van der Waals surface area (Å²) in [6.07, 6.45) is 0.708. The Morgan fingerprint density at radius 1 is 0.976 bits per heavy atom. The number of halogens is 1. The van der Waals surface area contributed by atoms with Crippen molar-refractivity contribution < 1.29 is 27.5 Å². The summed E-state index contributed by atoms with van der Waals surface area (Å²) in [6, 6.07) is 17.0. The van der Waals surface area contributed by atoms with E-state index >= 15 is 0 Å². The van der Waals surface area contributed by atoms with Gasteiger partial charge < -0.3 is 19.7 Å². The Morgan fingerprint density at radius 3 is 2.29 bits per heavy atom. The van der Waals surface area contributed by atoms with Crippen LogP contribution in [0.3, 0.4) is 0 Å². The SMILES string of the molecule is CC[C@@H](C)NC(=O)[C@@H](C)N(Cc1cccc(OC)c1)C(=O)CN(c1cc(Cl)ccc1OC)S(=O)(=O)c1ccc(C)cc1. The number of carbonyl (C=O) groups excluding carboxylic acids is 2. The van der Waals surface area contributed by atoms with Crippen molar-refractivity contribution in [3.8, 4) is 11.5 Å².